The number of carbonyl (C=O) groups excluding carboxylic acids is 1. The van der Waals surface area contributed by atoms with Gasteiger partial charge in [0.2, 0.25) is 0 Å². The van der Waals surface area contributed by atoms with E-state index in [9.17, 15) is 9.18 Å². The highest BCUT2D eigenvalue weighted by atomic mass is 32.1. The number of hydrogen-bond donors (Lipinski definition) is 0. The minimum atomic E-state index is -0.312. The fraction of sp³-hybridized carbons (Fsp3) is 0.353. The van der Waals surface area contributed by atoms with Crippen molar-refractivity contribution >= 4 is 17.1 Å². The first-order valence-electron chi connectivity index (χ1n) is 7.11. The van der Waals surface area contributed by atoms with Crippen LogP contribution in [0.1, 0.15) is 35.5 Å². The van der Waals surface area contributed by atoms with Crippen LogP contribution in [0.15, 0.2) is 41.8 Å². The van der Waals surface area contributed by atoms with Gasteiger partial charge in [0.15, 0.2) is 5.78 Å². The molecule has 112 valence electrons. The molecule has 0 unspecified atom stereocenters. The average Bonchev–Trinajstić information content (AvgIpc) is 2.96. The van der Waals surface area contributed by atoms with Crippen LogP contribution in [0.3, 0.4) is 0 Å². The van der Waals surface area contributed by atoms with Gasteiger partial charge in [0.05, 0.1) is 0 Å². The average molecular weight is 305 g/mol. The Bertz CT molecular complexity index is 563. The Balaban J connectivity index is 1.92. The van der Waals surface area contributed by atoms with E-state index in [4.69, 9.17) is 0 Å². The zero-order valence-corrected chi connectivity index (χ0v) is 13.2. The molecule has 0 bridgehead atoms. The van der Waals surface area contributed by atoms with Crippen molar-refractivity contribution < 1.29 is 9.18 Å². The Hall–Kier alpha value is -1.52. The van der Waals surface area contributed by atoms with E-state index < -0.39 is 0 Å². The second-order valence-electron chi connectivity index (χ2n) is 5.32. The molecule has 2 nitrogen and oxygen atoms in total. The number of benzene rings is 1. The van der Waals surface area contributed by atoms with Crippen LogP contribution >= 0.6 is 11.3 Å². The van der Waals surface area contributed by atoms with Gasteiger partial charge in [-0.05, 0) is 49.6 Å². The van der Waals surface area contributed by atoms with Gasteiger partial charge < -0.3 is 0 Å². The van der Waals surface area contributed by atoms with Crippen molar-refractivity contribution in [2.24, 2.45) is 0 Å². The largest absolute Gasteiger partial charge is 0.295 e. The lowest BCUT2D eigenvalue weighted by molar-refractivity contribution is 0.0953. The Morgan fingerprint density at radius 3 is 2.52 bits per heavy atom. The first-order chi connectivity index (χ1) is 10.1. The molecule has 0 spiro atoms. The Labute approximate surface area is 129 Å². The van der Waals surface area contributed by atoms with Gasteiger partial charge in [0.25, 0.3) is 0 Å². The predicted octanol–water partition coefficient (Wildman–Crippen LogP) is 4.37. The quantitative estimate of drug-likeness (QED) is 0.708. The SMILES string of the molecule is CC(C)N(CCC(=O)c1ccc(F)cc1)Cc1cccs1. The summed E-state index contributed by atoms with van der Waals surface area (Å²) in [6.07, 6.45) is 0.454. The highest BCUT2D eigenvalue weighted by Gasteiger charge is 2.14. The number of halogens is 1. The van der Waals surface area contributed by atoms with Crippen molar-refractivity contribution in [3.63, 3.8) is 0 Å². The fourth-order valence-corrected chi connectivity index (χ4v) is 2.88. The lowest BCUT2D eigenvalue weighted by Crippen LogP contribution is -2.32. The lowest BCUT2D eigenvalue weighted by Gasteiger charge is -2.25. The summed E-state index contributed by atoms with van der Waals surface area (Å²) in [5.41, 5.74) is 0.580. The van der Waals surface area contributed by atoms with Gasteiger partial charge in [0.1, 0.15) is 5.82 Å². The molecule has 0 amide bonds. The normalized spacial score (nSPS) is 11.3. The lowest BCUT2D eigenvalue weighted by atomic mass is 10.1. The second-order valence-corrected chi connectivity index (χ2v) is 6.36. The molecule has 2 aromatic rings. The van der Waals surface area contributed by atoms with E-state index in [1.165, 1.54) is 17.0 Å². The third-order valence-electron chi connectivity index (χ3n) is 3.46. The summed E-state index contributed by atoms with van der Waals surface area (Å²) in [4.78, 5) is 15.7. The summed E-state index contributed by atoms with van der Waals surface area (Å²) in [6, 6.07) is 10.3. The van der Waals surface area contributed by atoms with E-state index in [0.717, 1.165) is 6.54 Å². The maximum Gasteiger partial charge on any atom is 0.164 e. The van der Waals surface area contributed by atoms with Crippen molar-refractivity contribution in [1.82, 2.24) is 4.90 Å². The summed E-state index contributed by atoms with van der Waals surface area (Å²) < 4.78 is 12.9. The van der Waals surface area contributed by atoms with E-state index in [2.05, 4.69) is 30.2 Å². The molecule has 0 aliphatic heterocycles. The number of carbonyl (C=O) groups is 1. The molecule has 21 heavy (non-hydrogen) atoms. The molecule has 0 atom stereocenters. The summed E-state index contributed by atoms with van der Waals surface area (Å²) in [5.74, 6) is -0.250. The van der Waals surface area contributed by atoms with Crippen LogP contribution in [0.25, 0.3) is 0 Å². The highest BCUT2D eigenvalue weighted by Crippen LogP contribution is 2.15. The fourth-order valence-electron chi connectivity index (χ4n) is 2.15. The molecule has 0 N–H and O–H groups in total. The molecule has 0 saturated carbocycles. The standard InChI is InChI=1S/C17H20FNOS/c1-13(2)19(12-16-4-3-11-21-16)10-9-17(20)14-5-7-15(18)8-6-14/h3-8,11,13H,9-10,12H2,1-2H3. The number of thiophene rings is 1. The molecule has 0 fully saturated rings. The molecular weight excluding hydrogens is 285 g/mol. The van der Waals surface area contributed by atoms with Gasteiger partial charge in [-0.1, -0.05) is 6.07 Å². The minimum absolute atomic E-state index is 0.0619. The van der Waals surface area contributed by atoms with Crippen LogP contribution in [-0.2, 0) is 6.54 Å². The molecule has 0 aliphatic carbocycles. The summed E-state index contributed by atoms with van der Waals surface area (Å²) >= 11 is 1.73. The molecule has 2 rings (SSSR count). The third kappa shape index (κ3) is 4.76. The minimum Gasteiger partial charge on any atom is -0.295 e. The van der Waals surface area contributed by atoms with Crippen LogP contribution in [0.5, 0.6) is 0 Å². The first-order valence-corrected chi connectivity index (χ1v) is 7.99. The van der Waals surface area contributed by atoms with Gasteiger partial charge >= 0.3 is 0 Å². The topological polar surface area (TPSA) is 20.3 Å². The maximum absolute atomic E-state index is 12.9. The van der Waals surface area contributed by atoms with Crippen molar-refractivity contribution in [2.75, 3.05) is 6.54 Å². The van der Waals surface area contributed by atoms with Crippen LogP contribution in [0.4, 0.5) is 4.39 Å². The maximum atomic E-state index is 12.9. The number of Topliss-reactive ketones (excluding diaryl/α,β-unsaturated/α-hetero) is 1. The van der Waals surface area contributed by atoms with E-state index in [-0.39, 0.29) is 11.6 Å². The van der Waals surface area contributed by atoms with Crippen molar-refractivity contribution in [3.05, 3.63) is 58.0 Å². The van der Waals surface area contributed by atoms with Gasteiger partial charge in [-0.3, -0.25) is 9.69 Å². The van der Waals surface area contributed by atoms with Crippen LogP contribution in [0.2, 0.25) is 0 Å². The van der Waals surface area contributed by atoms with Crippen molar-refractivity contribution in [2.45, 2.75) is 32.9 Å². The van der Waals surface area contributed by atoms with E-state index in [1.807, 2.05) is 6.07 Å². The van der Waals surface area contributed by atoms with E-state index in [0.29, 0.717) is 24.6 Å². The molecule has 0 radical (unpaired) electrons. The number of ketones is 1. The molecular formula is C17H20FNOS. The molecule has 1 aromatic carbocycles. The molecule has 1 heterocycles. The molecule has 0 aliphatic rings. The number of hydrogen-bond acceptors (Lipinski definition) is 3. The molecule has 1 aromatic heterocycles. The zero-order valence-electron chi connectivity index (χ0n) is 12.4. The Kier molecular flexibility index (Phi) is 5.65. The number of nitrogens with zero attached hydrogens (tertiary/aromatic N) is 1. The van der Waals surface area contributed by atoms with Crippen molar-refractivity contribution in [3.8, 4) is 0 Å². The van der Waals surface area contributed by atoms with Gasteiger partial charge in [-0.2, -0.15) is 0 Å². The van der Waals surface area contributed by atoms with Crippen molar-refractivity contribution in [1.29, 1.82) is 0 Å². The Morgan fingerprint density at radius 1 is 1.24 bits per heavy atom. The van der Waals surface area contributed by atoms with Gasteiger partial charge in [0, 0.05) is 36.0 Å². The monoisotopic (exact) mass is 305 g/mol. The third-order valence-corrected chi connectivity index (χ3v) is 4.32. The molecule has 0 saturated heterocycles. The van der Waals surface area contributed by atoms with Crippen LogP contribution < -0.4 is 0 Å². The highest BCUT2D eigenvalue weighted by molar-refractivity contribution is 7.09. The number of rotatable bonds is 7. The van der Waals surface area contributed by atoms with Gasteiger partial charge in [-0.15, -0.1) is 11.3 Å². The zero-order chi connectivity index (χ0) is 15.2. The van der Waals surface area contributed by atoms with Crippen LogP contribution in [-0.4, -0.2) is 23.3 Å². The summed E-state index contributed by atoms with van der Waals surface area (Å²) in [6.45, 7) is 5.85. The first kappa shape index (κ1) is 15.9. The molecule has 4 heteroatoms. The predicted molar refractivity (Wildman–Crippen MR) is 85.2 cm³/mol. The Morgan fingerprint density at radius 2 is 1.95 bits per heavy atom. The smallest absolute Gasteiger partial charge is 0.164 e. The van der Waals surface area contributed by atoms with Crippen LogP contribution in [0, 0.1) is 5.82 Å². The summed E-state index contributed by atoms with van der Waals surface area (Å²) in [5, 5.41) is 2.07. The summed E-state index contributed by atoms with van der Waals surface area (Å²) in [7, 11) is 0. The van der Waals surface area contributed by atoms with E-state index in [1.54, 1.807) is 23.5 Å². The second kappa shape index (κ2) is 7.48. The van der Waals surface area contributed by atoms with Gasteiger partial charge in [-0.25, -0.2) is 4.39 Å². The van der Waals surface area contributed by atoms with E-state index >= 15 is 0 Å².